The van der Waals surface area contributed by atoms with E-state index >= 15 is 0 Å². The van der Waals surface area contributed by atoms with Crippen LogP contribution in [0.4, 0.5) is 0 Å². The van der Waals surface area contributed by atoms with Crippen LogP contribution in [0.25, 0.3) is 0 Å². The molecule has 0 aromatic carbocycles. The summed E-state index contributed by atoms with van der Waals surface area (Å²) in [5.41, 5.74) is 1.30. The van der Waals surface area contributed by atoms with Crippen molar-refractivity contribution in [2.45, 2.75) is 39.7 Å². The first-order valence-corrected chi connectivity index (χ1v) is 4.85. The fourth-order valence-electron chi connectivity index (χ4n) is 1.85. The summed E-state index contributed by atoms with van der Waals surface area (Å²) in [6.45, 7) is 11.6. The van der Waals surface area contributed by atoms with Gasteiger partial charge in [0.2, 0.25) is 0 Å². The molecule has 0 radical (unpaired) electrons. The zero-order valence-corrected chi connectivity index (χ0v) is 8.47. The molecule has 12 heavy (non-hydrogen) atoms. The van der Waals surface area contributed by atoms with Gasteiger partial charge in [-0.2, -0.15) is 0 Å². The van der Waals surface area contributed by atoms with E-state index in [0.717, 1.165) is 24.9 Å². The van der Waals surface area contributed by atoms with Crippen molar-refractivity contribution >= 4 is 0 Å². The normalized spacial score (nSPS) is 26.4. The first-order chi connectivity index (χ1) is 5.59. The lowest BCUT2D eigenvalue weighted by Gasteiger charge is -2.15. The molecule has 1 saturated heterocycles. The maximum absolute atomic E-state index is 5.25. The molecule has 0 bridgehead atoms. The molecule has 0 spiro atoms. The minimum absolute atomic E-state index is 0.567. The van der Waals surface area contributed by atoms with Crippen LogP contribution < -0.4 is 0 Å². The minimum Gasteiger partial charge on any atom is -0.373 e. The Kier molecular flexibility index (Phi) is 3.33. The zero-order chi connectivity index (χ0) is 9.14. The summed E-state index contributed by atoms with van der Waals surface area (Å²) in [6, 6.07) is 0. The molecular formula is C11H20O. The number of rotatable bonds is 5. The summed E-state index contributed by atoms with van der Waals surface area (Å²) < 4.78 is 5.25. The molecule has 0 saturated carbocycles. The molecular weight excluding hydrogens is 148 g/mol. The van der Waals surface area contributed by atoms with Gasteiger partial charge in [0.15, 0.2) is 0 Å². The Morgan fingerprint density at radius 3 is 2.58 bits per heavy atom. The Balaban J connectivity index is 2.15. The van der Waals surface area contributed by atoms with Gasteiger partial charge in [-0.05, 0) is 31.6 Å². The lowest BCUT2D eigenvalue weighted by atomic mass is 9.91. The Morgan fingerprint density at radius 1 is 1.58 bits per heavy atom. The number of hydrogen-bond acceptors (Lipinski definition) is 1. The summed E-state index contributed by atoms with van der Waals surface area (Å²) in [5, 5.41) is 0. The van der Waals surface area contributed by atoms with Crippen molar-refractivity contribution < 1.29 is 4.74 Å². The van der Waals surface area contributed by atoms with E-state index in [0.29, 0.717) is 6.10 Å². The SMILES string of the molecule is C=C(C)C[C@@H](C)C[C@H](C)C1CO1. The van der Waals surface area contributed by atoms with Gasteiger partial charge in [-0.3, -0.25) is 0 Å². The van der Waals surface area contributed by atoms with Crippen molar-refractivity contribution in [3.8, 4) is 0 Å². The molecule has 1 aliphatic rings. The van der Waals surface area contributed by atoms with Gasteiger partial charge in [0, 0.05) is 0 Å². The third-order valence-electron chi connectivity index (χ3n) is 2.46. The molecule has 1 fully saturated rings. The van der Waals surface area contributed by atoms with Gasteiger partial charge >= 0.3 is 0 Å². The second-order valence-corrected chi connectivity index (χ2v) is 4.35. The van der Waals surface area contributed by atoms with E-state index in [2.05, 4.69) is 27.4 Å². The third kappa shape index (κ3) is 3.40. The molecule has 0 amide bonds. The van der Waals surface area contributed by atoms with Crippen molar-refractivity contribution in [1.82, 2.24) is 0 Å². The first kappa shape index (κ1) is 9.79. The predicted octanol–water partition coefficient (Wildman–Crippen LogP) is 3.01. The van der Waals surface area contributed by atoms with Gasteiger partial charge in [-0.25, -0.2) is 0 Å². The Morgan fingerprint density at radius 2 is 2.17 bits per heavy atom. The van der Waals surface area contributed by atoms with Crippen molar-refractivity contribution in [2.24, 2.45) is 11.8 Å². The third-order valence-corrected chi connectivity index (χ3v) is 2.46. The molecule has 3 atom stereocenters. The number of epoxide rings is 1. The standard InChI is InChI=1S/C11H20O/c1-8(2)5-9(3)6-10(4)11-7-12-11/h9-11H,1,5-7H2,2-4H3/t9-,10+,11?/m1/s1. The van der Waals surface area contributed by atoms with Crippen molar-refractivity contribution in [2.75, 3.05) is 6.61 Å². The smallest absolute Gasteiger partial charge is 0.0835 e. The fourth-order valence-corrected chi connectivity index (χ4v) is 1.85. The minimum atomic E-state index is 0.567. The molecule has 0 aromatic rings. The van der Waals surface area contributed by atoms with Crippen molar-refractivity contribution in [3.05, 3.63) is 12.2 Å². The van der Waals surface area contributed by atoms with Crippen LogP contribution in [0.5, 0.6) is 0 Å². The summed E-state index contributed by atoms with van der Waals surface area (Å²) in [5.74, 6) is 1.50. The van der Waals surface area contributed by atoms with E-state index in [1.54, 1.807) is 0 Å². The average Bonchev–Trinajstić information content (AvgIpc) is 2.63. The van der Waals surface area contributed by atoms with E-state index in [-0.39, 0.29) is 0 Å². The van der Waals surface area contributed by atoms with E-state index in [1.165, 1.54) is 12.0 Å². The molecule has 0 aromatic heterocycles. The molecule has 1 unspecified atom stereocenters. The Bertz CT molecular complexity index is 158. The second kappa shape index (κ2) is 4.08. The largest absolute Gasteiger partial charge is 0.373 e. The Hall–Kier alpha value is -0.300. The van der Waals surface area contributed by atoms with Crippen LogP contribution in [0.15, 0.2) is 12.2 Å². The van der Waals surface area contributed by atoms with Gasteiger partial charge in [-0.1, -0.05) is 19.4 Å². The number of hydrogen-bond donors (Lipinski definition) is 0. The highest BCUT2D eigenvalue weighted by Crippen LogP contribution is 2.27. The maximum Gasteiger partial charge on any atom is 0.0835 e. The summed E-state index contributed by atoms with van der Waals surface area (Å²) in [6.07, 6.45) is 3.01. The van der Waals surface area contributed by atoms with E-state index in [1.807, 2.05) is 0 Å². The molecule has 1 heterocycles. The maximum atomic E-state index is 5.25. The molecule has 1 heteroatoms. The van der Waals surface area contributed by atoms with Gasteiger partial charge < -0.3 is 4.74 Å². The topological polar surface area (TPSA) is 12.5 Å². The van der Waals surface area contributed by atoms with Crippen LogP contribution in [0.2, 0.25) is 0 Å². The molecule has 0 aliphatic carbocycles. The summed E-state index contributed by atoms with van der Waals surface area (Å²) >= 11 is 0. The second-order valence-electron chi connectivity index (χ2n) is 4.35. The highest BCUT2D eigenvalue weighted by molar-refractivity contribution is 4.90. The van der Waals surface area contributed by atoms with E-state index < -0.39 is 0 Å². The highest BCUT2D eigenvalue weighted by atomic mass is 16.6. The highest BCUT2D eigenvalue weighted by Gasteiger charge is 2.29. The van der Waals surface area contributed by atoms with Crippen LogP contribution in [0, 0.1) is 11.8 Å². The van der Waals surface area contributed by atoms with Crippen molar-refractivity contribution in [1.29, 1.82) is 0 Å². The Labute approximate surface area is 75.8 Å². The monoisotopic (exact) mass is 168 g/mol. The van der Waals surface area contributed by atoms with E-state index in [4.69, 9.17) is 4.74 Å². The van der Waals surface area contributed by atoms with E-state index in [9.17, 15) is 0 Å². The van der Waals surface area contributed by atoms with Crippen LogP contribution in [0.1, 0.15) is 33.6 Å². The van der Waals surface area contributed by atoms with Crippen LogP contribution >= 0.6 is 0 Å². The molecule has 70 valence electrons. The van der Waals surface area contributed by atoms with Gasteiger partial charge in [0.1, 0.15) is 0 Å². The van der Waals surface area contributed by atoms with Gasteiger partial charge in [-0.15, -0.1) is 6.58 Å². The zero-order valence-electron chi connectivity index (χ0n) is 8.47. The van der Waals surface area contributed by atoms with Crippen LogP contribution in [-0.4, -0.2) is 12.7 Å². The number of allylic oxidation sites excluding steroid dienone is 1. The van der Waals surface area contributed by atoms with Crippen molar-refractivity contribution in [3.63, 3.8) is 0 Å². The summed E-state index contributed by atoms with van der Waals surface area (Å²) in [7, 11) is 0. The lowest BCUT2D eigenvalue weighted by Crippen LogP contribution is -2.09. The molecule has 0 N–H and O–H groups in total. The van der Waals surface area contributed by atoms with Gasteiger partial charge in [0.05, 0.1) is 12.7 Å². The van der Waals surface area contributed by atoms with Gasteiger partial charge in [0.25, 0.3) is 0 Å². The molecule has 1 nitrogen and oxygen atoms in total. The quantitative estimate of drug-likeness (QED) is 0.454. The number of ether oxygens (including phenoxy) is 1. The van der Waals surface area contributed by atoms with Crippen LogP contribution in [0.3, 0.4) is 0 Å². The molecule has 1 aliphatic heterocycles. The first-order valence-electron chi connectivity index (χ1n) is 4.85. The fraction of sp³-hybridized carbons (Fsp3) is 0.818. The average molecular weight is 168 g/mol. The molecule has 1 rings (SSSR count). The summed E-state index contributed by atoms with van der Waals surface area (Å²) in [4.78, 5) is 0. The predicted molar refractivity (Wildman–Crippen MR) is 52.1 cm³/mol. The van der Waals surface area contributed by atoms with Crippen LogP contribution in [-0.2, 0) is 4.74 Å². The lowest BCUT2D eigenvalue weighted by molar-refractivity contribution is 0.302.